The number of imidazole rings is 1. The van der Waals surface area contributed by atoms with E-state index in [1.54, 1.807) is 19.0 Å². The number of anilines is 1. The predicted molar refractivity (Wildman–Crippen MR) is 135 cm³/mol. The van der Waals surface area contributed by atoms with E-state index in [9.17, 15) is 9.59 Å². The summed E-state index contributed by atoms with van der Waals surface area (Å²) in [4.78, 5) is 35.6. The number of fused-ring (bicyclic) bond motifs is 1. The maximum atomic E-state index is 12.7. The highest BCUT2D eigenvalue weighted by Gasteiger charge is 2.23. The molecule has 0 unspecified atom stereocenters. The van der Waals surface area contributed by atoms with Gasteiger partial charge < -0.3 is 19.7 Å². The van der Waals surface area contributed by atoms with Crippen LogP contribution in [0.4, 0.5) is 10.5 Å². The van der Waals surface area contributed by atoms with Gasteiger partial charge in [0.2, 0.25) is 0 Å². The summed E-state index contributed by atoms with van der Waals surface area (Å²) in [5.41, 5.74) is 4.18. The third kappa shape index (κ3) is 5.03. The molecule has 0 atom stereocenters. The number of hydrogen-bond acceptors (Lipinski definition) is 4. The number of hydrogen-bond donors (Lipinski definition) is 1. The van der Waals surface area contributed by atoms with Gasteiger partial charge in [-0.1, -0.05) is 17.7 Å². The van der Waals surface area contributed by atoms with Gasteiger partial charge in [0.05, 0.1) is 28.3 Å². The molecule has 2 aromatic carbocycles. The van der Waals surface area contributed by atoms with Crippen molar-refractivity contribution in [1.82, 2.24) is 24.3 Å². The number of aromatic nitrogens is 2. The summed E-state index contributed by atoms with van der Waals surface area (Å²) in [6, 6.07) is 11.2. The molecule has 1 N–H and O–H groups in total. The zero-order valence-corrected chi connectivity index (χ0v) is 20.9. The third-order valence-electron chi connectivity index (χ3n) is 6.19. The Bertz CT molecular complexity index is 1210. The molecular formula is C25H31ClN6O2. The zero-order chi connectivity index (χ0) is 24.4. The van der Waals surface area contributed by atoms with Gasteiger partial charge >= 0.3 is 6.03 Å². The number of benzene rings is 2. The second-order valence-corrected chi connectivity index (χ2v) is 9.26. The van der Waals surface area contributed by atoms with E-state index >= 15 is 0 Å². The third-order valence-corrected chi connectivity index (χ3v) is 6.50. The Kier molecular flexibility index (Phi) is 7.09. The number of urea groups is 1. The van der Waals surface area contributed by atoms with E-state index in [1.165, 1.54) is 0 Å². The van der Waals surface area contributed by atoms with Gasteiger partial charge in [-0.05, 0) is 49.7 Å². The molecule has 0 radical (unpaired) electrons. The zero-order valence-electron chi connectivity index (χ0n) is 20.1. The molecule has 180 valence electrons. The molecule has 1 aromatic heterocycles. The van der Waals surface area contributed by atoms with Crippen LogP contribution >= 0.6 is 11.6 Å². The van der Waals surface area contributed by atoms with Crippen molar-refractivity contribution in [2.24, 2.45) is 0 Å². The van der Waals surface area contributed by atoms with E-state index in [0.29, 0.717) is 35.9 Å². The monoisotopic (exact) mass is 482 g/mol. The van der Waals surface area contributed by atoms with Gasteiger partial charge in [0, 0.05) is 52.4 Å². The first-order chi connectivity index (χ1) is 16.3. The van der Waals surface area contributed by atoms with Crippen molar-refractivity contribution in [1.29, 1.82) is 0 Å². The fraction of sp³-hybridized carbons (Fsp3) is 0.400. The lowest BCUT2D eigenvalue weighted by atomic mass is 10.2. The molecule has 0 saturated carbocycles. The Labute approximate surface area is 205 Å². The van der Waals surface area contributed by atoms with E-state index in [1.807, 2.05) is 48.2 Å². The van der Waals surface area contributed by atoms with Crippen LogP contribution in [0.2, 0.25) is 5.02 Å². The minimum atomic E-state index is -0.135. The van der Waals surface area contributed by atoms with E-state index in [2.05, 4.69) is 21.7 Å². The lowest BCUT2D eigenvalue weighted by Gasteiger charge is -2.34. The number of amides is 3. The Morgan fingerprint density at radius 2 is 1.82 bits per heavy atom. The minimum Gasteiger partial charge on any atom is -0.345 e. The van der Waals surface area contributed by atoms with Gasteiger partial charge in [-0.25, -0.2) is 9.78 Å². The molecule has 0 aliphatic carbocycles. The first kappa shape index (κ1) is 24.0. The molecule has 34 heavy (non-hydrogen) atoms. The fourth-order valence-corrected chi connectivity index (χ4v) is 4.55. The molecule has 9 heteroatoms. The van der Waals surface area contributed by atoms with Crippen LogP contribution in [0.15, 0.2) is 36.4 Å². The summed E-state index contributed by atoms with van der Waals surface area (Å²) >= 11 is 6.26. The highest BCUT2D eigenvalue weighted by molar-refractivity contribution is 6.33. The van der Waals surface area contributed by atoms with E-state index < -0.39 is 0 Å². The number of aryl methyl sites for hydroxylation is 2. The molecule has 1 aliphatic rings. The van der Waals surface area contributed by atoms with Crippen molar-refractivity contribution >= 4 is 40.3 Å². The van der Waals surface area contributed by atoms with E-state index in [-0.39, 0.29) is 11.9 Å². The molecule has 2 heterocycles. The highest BCUT2D eigenvalue weighted by atomic mass is 35.5. The molecule has 0 bridgehead atoms. The molecule has 1 aliphatic heterocycles. The maximum absolute atomic E-state index is 12.7. The lowest BCUT2D eigenvalue weighted by molar-refractivity contribution is 0.0827. The smallest absolute Gasteiger partial charge is 0.321 e. The van der Waals surface area contributed by atoms with Gasteiger partial charge in [0.1, 0.15) is 5.82 Å². The summed E-state index contributed by atoms with van der Waals surface area (Å²) in [5.74, 6) is 0.937. The normalized spacial score (nSPS) is 14.4. The number of nitrogens with zero attached hydrogens (tertiary/aromatic N) is 5. The van der Waals surface area contributed by atoms with Crippen LogP contribution in [0.5, 0.6) is 0 Å². The molecule has 0 spiro atoms. The number of rotatable bonds is 5. The SMILES string of the molecule is CCn1c(CN2CCN(C(=O)Nc3ccc(C)cc3Cl)CC2)nc2cc(C(=O)N(C)C)ccc21. The van der Waals surface area contributed by atoms with Crippen LogP contribution in [0, 0.1) is 6.92 Å². The van der Waals surface area contributed by atoms with Gasteiger partial charge in [-0.2, -0.15) is 0 Å². The van der Waals surface area contributed by atoms with Crippen molar-refractivity contribution in [3.05, 3.63) is 58.4 Å². The van der Waals surface area contributed by atoms with Gasteiger partial charge in [-0.3, -0.25) is 9.69 Å². The number of piperazine rings is 1. The van der Waals surface area contributed by atoms with Crippen LogP contribution in [0.3, 0.4) is 0 Å². The van der Waals surface area contributed by atoms with Crippen LogP contribution in [-0.4, -0.2) is 76.5 Å². The number of carbonyl (C=O) groups excluding carboxylic acids is 2. The lowest BCUT2D eigenvalue weighted by Crippen LogP contribution is -2.49. The summed E-state index contributed by atoms with van der Waals surface area (Å²) in [6.07, 6.45) is 0. The fourth-order valence-electron chi connectivity index (χ4n) is 4.27. The van der Waals surface area contributed by atoms with Crippen LogP contribution in [0.25, 0.3) is 11.0 Å². The van der Waals surface area contributed by atoms with Gasteiger partial charge in [0.25, 0.3) is 5.91 Å². The molecule has 3 amide bonds. The summed E-state index contributed by atoms with van der Waals surface area (Å²) < 4.78 is 2.19. The molecule has 8 nitrogen and oxygen atoms in total. The molecule has 1 saturated heterocycles. The van der Waals surface area contributed by atoms with Crippen molar-refractivity contribution in [2.75, 3.05) is 45.6 Å². The first-order valence-corrected chi connectivity index (χ1v) is 11.9. The van der Waals surface area contributed by atoms with E-state index in [0.717, 1.165) is 42.1 Å². The second kappa shape index (κ2) is 10.0. The summed E-state index contributed by atoms with van der Waals surface area (Å²) in [5, 5.41) is 3.46. The van der Waals surface area contributed by atoms with Crippen LogP contribution in [-0.2, 0) is 13.1 Å². The van der Waals surface area contributed by atoms with Crippen LogP contribution < -0.4 is 5.32 Å². The van der Waals surface area contributed by atoms with Crippen molar-refractivity contribution in [3.63, 3.8) is 0 Å². The van der Waals surface area contributed by atoms with Crippen LogP contribution in [0.1, 0.15) is 28.7 Å². The highest BCUT2D eigenvalue weighted by Crippen LogP contribution is 2.24. The average molecular weight is 483 g/mol. The molecule has 3 aromatic rings. The maximum Gasteiger partial charge on any atom is 0.321 e. The standard InChI is InChI=1S/C25H31ClN6O2/c1-5-32-22-9-7-18(24(33)29(3)4)15-21(22)27-23(32)16-30-10-12-31(13-11-30)25(34)28-20-8-6-17(2)14-19(20)26/h6-9,14-15H,5,10-13,16H2,1-4H3,(H,28,34). The Balaban J connectivity index is 1.40. The number of carbonyl (C=O) groups is 2. The number of halogens is 1. The second-order valence-electron chi connectivity index (χ2n) is 8.85. The molecule has 4 rings (SSSR count). The minimum absolute atomic E-state index is 0.0316. The van der Waals surface area contributed by atoms with Gasteiger partial charge in [-0.15, -0.1) is 0 Å². The Morgan fingerprint density at radius 3 is 2.47 bits per heavy atom. The topological polar surface area (TPSA) is 73.7 Å². The number of nitrogens with one attached hydrogen (secondary N) is 1. The average Bonchev–Trinajstić information content (AvgIpc) is 3.16. The Hall–Kier alpha value is -3.10. The van der Waals surface area contributed by atoms with Gasteiger partial charge in [0.15, 0.2) is 0 Å². The van der Waals surface area contributed by atoms with Crippen molar-refractivity contribution < 1.29 is 9.59 Å². The largest absolute Gasteiger partial charge is 0.345 e. The van der Waals surface area contributed by atoms with Crippen molar-refractivity contribution in [3.8, 4) is 0 Å². The quantitative estimate of drug-likeness (QED) is 0.595. The molecule has 1 fully saturated rings. The summed E-state index contributed by atoms with van der Waals surface area (Å²) in [7, 11) is 3.50. The van der Waals surface area contributed by atoms with E-state index in [4.69, 9.17) is 16.6 Å². The first-order valence-electron chi connectivity index (χ1n) is 11.5. The Morgan fingerprint density at radius 1 is 1.09 bits per heavy atom. The molecular weight excluding hydrogens is 452 g/mol. The predicted octanol–water partition coefficient (Wildman–Crippen LogP) is 4.07. The summed E-state index contributed by atoms with van der Waals surface area (Å²) in [6.45, 7) is 8.32. The van der Waals surface area contributed by atoms with Crippen molar-refractivity contribution in [2.45, 2.75) is 26.9 Å².